The summed E-state index contributed by atoms with van der Waals surface area (Å²) >= 11 is 0. The second-order valence-electron chi connectivity index (χ2n) is 6.57. The summed E-state index contributed by atoms with van der Waals surface area (Å²) in [7, 11) is 0. The number of hydrogen-bond donors (Lipinski definition) is 2. The Morgan fingerprint density at radius 2 is 1.83 bits per heavy atom. The van der Waals surface area contributed by atoms with Crippen LogP contribution in [0.15, 0.2) is 0 Å². The highest BCUT2D eigenvalue weighted by molar-refractivity contribution is 5.85. The Hall–Kier alpha value is -0.0700. The number of piperidine rings is 1. The molecule has 0 radical (unpaired) electrons. The Kier molecular flexibility index (Phi) is 12.3. The molecule has 0 aromatic carbocycles. The maximum atomic E-state index is 12.1. The van der Waals surface area contributed by atoms with E-state index in [1.54, 1.807) is 0 Å². The van der Waals surface area contributed by atoms with Crippen LogP contribution in [0.25, 0.3) is 0 Å². The summed E-state index contributed by atoms with van der Waals surface area (Å²) in [5.41, 5.74) is 0. The van der Waals surface area contributed by atoms with Crippen LogP contribution in [0.1, 0.15) is 33.1 Å². The van der Waals surface area contributed by atoms with Crippen LogP contribution in [0, 0.1) is 11.8 Å². The molecule has 1 amide bonds. The monoisotopic (exact) mass is 369 g/mol. The molecule has 2 N–H and O–H groups in total. The zero-order chi connectivity index (χ0) is 15.1. The van der Waals surface area contributed by atoms with Crippen LogP contribution in [0.2, 0.25) is 0 Å². The minimum Gasteiger partial charge on any atom is -0.379 e. The molecule has 0 bridgehead atoms. The van der Waals surface area contributed by atoms with E-state index < -0.39 is 0 Å². The van der Waals surface area contributed by atoms with Crippen molar-refractivity contribution in [2.24, 2.45) is 11.8 Å². The zero-order valence-electron chi connectivity index (χ0n) is 14.4. The summed E-state index contributed by atoms with van der Waals surface area (Å²) in [6, 6.07) is 0.395. The molecule has 23 heavy (non-hydrogen) atoms. The van der Waals surface area contributed by atoms with Crippen molar-refractivity contribution in [2.75, 3.05) is 45.9 Å². The Labute approximate surface area is 153 Å². The molecule has 7 heteroatoms. The lowest BCUT2D eigenvalue weighted by Crippen LogP contribution is -2.47. The van der Waals surface area contributed by atoms with Gasteiger partial charge in [0.05, 0.1) is 13.2 Å². The standard InChI is InChI=1S/C16H31N3O2.2ClH/c1-13(15-3-5-17-6-4-15)11-16(20)18-12-14(2)19-7-9-21-10-8-19;;/h13-15,17H,3-12H2,1-2H3,(H,18,20);2*1H. The number of rotatable bonds is 6. The molecule has 5 nitrogen and oxygen atoms in total. The molecule has 2 heterocycles. The molecule has 0 spiro atoms. The van der Waals surface area contributed by atoms with Crippen molar-refractivity contribution in [3.05, 3.63) is 0 Å². The summed E-state index contributed by atoms with van der Waals surface area (Å²) in [6.45, 7) is 10.9. The lowest BCUT2D eigenvalue weighted by molar-refractivity contribution is -0.122. The van der Waals surface area contributed by atoms with E-state index in [0.717, 1.165) is 45.9 Å². The molecular weight excluding hydrogens is 337 g/mol. The molecule has 2 aliphatic heterocycles. The number of amides is 1. The normalized spacial score (nSPS) is 22.3. The van der Waals surface area contributed by atoms with E-state index >= 15 is 0 Å². The van der Waals surface area contributed by atoms with Gasteiger partial charge in [-0.2, -0.15) is 0 Å². The van der Waals surface area contributed by atoms with Crippen LogP contribution in [0.3, 0.4) is 0 Å². The molecule has 0 aromatic rings. The van der Waals surface area contributed by atoms with E-state index in [9.17, 15) is 4.79 Å². The molecule has 0 aromatic heterocycles. The number of carbonyl (C=O) groups excluding carboxylic acids is 1. The highest BCUT2D eigenvalue weighted by Crippen LogP contribution is 2.24. The van der Waals surface area contributed by atoms with Crippen LogP contribution in [0.5, 0.6) is 0 Å². The molecule has 2 rings (SSSR count). The van der Waals surface area contributed by atoms with E-state index in [4.69, 9.17) is 4.74 Å². The highest BCUT2D eigenvalue weighted by Gasteiger charge is 2.22. The third-order valence-electron chi connectivity index (χ3n) is 4.96. The van der Waals surface area contributed by atoms with Crippen molar-refractivity contribution < 1.29 is 9.53 Å². The van der Waals surface area contributed by atoms with E-state index in [0.29, 0.717) is 24.3 Å². The summed E-state index contributed by atoms with van der Waals surface area (Å²) in [6.07, 6.45) is 3.08. The predicted octanol–water partition coefficient (Wildman–Crippen LogP) is 1.69. The molecule has 2 unspecified atom stereocenters. The average molecular weight is 370 g/mol. The smallest absolute Gasteiger partial charge is 0.220 e. The molecule has 2 atom stereocenters. The SMILES string of the molecule is CC(CC(=O)NCC(C)N1CCOCC1)C1CCNCC1.Cl.Cl. The Balaban J connectivity index is 0.00000242. The van der Waals surface area contributed by atoms with Gasteiger partial charge < -0.3 is 15.4 Å². The molecular formula is C16H33Cl2N3O2. The van der Waals surface area contributed by atoms with Gasteiger partial charge >= 0.3 is 0 Å². The van der Waals surface area contributed by atoms with Crippen LogP contribution in [0.4, 0.5) is 0 Å². The van der Waals surface area contributed by atoms with Crippen molar-refractivity contribution >= 4 is 30.7 Å². The lowest BCUT2D eigenvalue weighted by atomic mass is 9.84. The van der Waals surface area contributed by atoms with Crippen molar-refractivity contribution in [1.29, 1.82) is 0 Å². The van der Waals surface area contributed by atoms with E-state index in [-0.39, 0.29) is 30.7 Å². The number of ether oxygens (including phenoxy) is 1. The number of carbonyl (C=O) groups is 1. The maximum Gasteiger partial charge on any atom is 0.220 e. The number of halogens is 2. The summed E-state index contributed by atoms with van der Waals surface area (Å²) in [5, 5.41) is 6.50. The first-order valence-corrected chi connectivity index (χ1v) is 8.46. The minimum atomic E-state index is 0. The topological polar surface area (TPSA) is 53.6 Å². The van der Waals surface area contributed by atoms with Gasteiger partial charge in [-0.3, -0.25) is 9.69 Å². The van der Waals surface area contributed by atoms with Crippen molar-refractivity contribution in [2.45, 2.75) is 39.2 Å². The van der Waals surface area contributed by atoms with Gasteiger partial charge in [0.15, 0.2) is 0 Å². The van der Waals surface area contributed by atoms with Crippen LogP contribution < -0.4 is 10.6 Å². The minimum absolute atomic E-state index is 0. The fourth-order valence-corrected chi connectivity index (χ4v) is 3.35. The Bertz CT molecular complexity index is 322. The van der Waals surface area contributed by atoms with Crippen molar-refractivity contribution in [3.63, 3.8) is 0 Å². The van der Waals surface area contributed by atoms with E-state index in [1.807, 2.05) is 0 Å². The first-order chi connectivity index (χ1) is 10.2. The van der Waals surface area contributed by atoms with Gasteiger partial charge in [-0.05, 0) is 44.7 Å². The van der Waals surface area contributed by atoms with E-state index in [1.165, 1.54) is 12.8 Å². The van der Waals surface area contributed by atoms with Crippen molar-refractivity contribution in [3.8, 4) is 0 Å². The molecule has 2 aliphatic rings. The van der Waals surface area contributed by atoms with Gasteiger partial charge in [-0.15, -0.1) is 24.8 Å². The molecule has 138 valence electrons. The molecule has 0 saturated carbocycles. The maximum absolute atomic E-state index is 12.1. The van der Waals surface area contributed by atoms with Crippen LogP contribution >= 0.6 is 24.8 Å². The molecule has 0 aliphatic carbocycles. The largest absolute Gasteiger partial charge is 0.379 e. The lowest BCUT2D eigenvalue weighted by Gasteiger charge is -2.32. The first-order valence-electron chi connectivity index (χ1n) is 8.46. The third kappa shape index (κ3) is 8.03. The Morgan fingerprint density at radius 3 is 2.43 bits per heavy atom. The third-order valence-corrected chi connectivity index (χ3v) is 4.96. The van der Waals surface area contributed by atoms with Gasteiger partial charge in [0, 0.05) is 32.1 Å². The van der Waals surface area contributed by atoms with Gasteiger partial charge in [-0.1, -0.05) is 6.92 Å². The van der Waals surface area contributed by atoms with Gasteiger partial charge in [-0.25, -0.2) is 0 Å². The molecule has 2 fully saturated rings. The van der Waals surface area contributed by atoms with Crippen LogP contribution in [-0.4, -0.2) is 62.8 Å². The predicted molar refractivity (Wildman–Crippen MR) is 98.7 cm³/mol. The Morgan fingerprint density at radius 1 is 1.22 bits per heavy atom. The first kappa shape index (κ1) is 22.9. The quantitative estimate of drug-likeness (QED) is 0.747. The van der Waals surface area contributed by atoms with E-state index in [2.05, 4.69) is 29.4 Å². The fraction of sp³-hybridized carbons (Fsp3) is 0.938. The second-order valence-corrected chi connectivity index (χ2v) is 6.57. The zero-order valence-corrected chi connectivity index (χ0v) is 16.0. The van der Waals surface area contributed by atoms with Crippen LogP contribution in [-0.2, 0) is 9.53 Å². The number of hydrogen-bond acceptors (Lipinski definition) is 4. The summed E-state index contributed by atoms with van der Waals surface area (Å²) in [5.74, 6) is 1.40. The fourth-order valence-electron chi connectivity index (χ4n) is 3.35. The van der Waals surface area contributed by atoms with Crippen molar-refractivity contribution in [1.82, 2.24) is 15.5 Å². The number of morpholine rings is 1. The average Bonchev–Trinajstić information content (AvgIpc) is 2.54. The second kappa shape index (κ2) is 12.3. The summed E-state index contributed by atoms with van der Waals surface area (Å²) < 4.78 is 5.36. The number of nitrogens with one attached hydrogen (secondary N) is 2. The van der Waals surface area contributed by atoms with Gasteiger partial charge in [0.1, 0.15) is 0 Å². The highest BCUT2D eigenvalue weighted by atomic mass is 35.5. The van der Waals surface area contributed by atoms with Gasteiger partial charge in [0.2, 0.25) is 5.91 Å². The molecule has 2 saturated heterocycles. The number of nitrogens with zero attached hydrogens (tertiary/aromatic N) is 1. The summed E-state index contributed by atoms with van der Waals surface area (Å²) in [4.78, 5) is 14.5. The van der Waals surface area contributed by atoms with Gasteiger partial charge in [0.25, 0.3) is 0 Å².